The molecule has 158 valence electrons. The fourth-order valence-corrected chi connectivity index (χ4v) is 3.62. The zero-order valence-corrected chi connectivity index (χ0v) is 16.9. The Kier molecular flexibility index (Phi) is 5.10. The summed E-state index contributed by atoms with van der Waals surface area (Å²) >= 11 is 0. The van der Waals surface area contributed by atoms with Gasteiger partial charge in [0.1, 0.15) is 11.6 Å². The Morgan fingerprint density at radius 2 is 1.87 bits per heavy atom. The summed E-state index contributed by atoms with van der Waals surface area (Å²) in [7, 11) is 0. The molecule has 2 aromatic heterocycles. The Morgan fingerprint density at radius 3 is 2.61 bits per heavy atom. The predicted octanol–water partition coefficient (Wildman–Crippen LogP) is 3.45. The fourth-order valence-electron chi connectivity index (χ4n) is 3.62. The van der Waals surface area contributed by atoms with E-state index in [2.05, 4.69) is 15.4 Å². The van der Waals surface area contributed by atoms with Crippen molar-refractivity contribution in [3.63, 3.8) is 0 Å². The number of nitrogens with zero attached hydrogens (tertiary/aromatic N) is 3. The zero-order chi connectivity index (χ0) is 22.3. The third-order valence-electron chi connectivity index (χ3n) is 5.22. The minimum Gasteiger partial charge on any atom is -0.366 e. The number of rotatable bonds is 5. The second-order valence-electron chi connectivity index (χ2n) is 7.24. The van der Waals surface area contributed by atoms with Gasteiger partial charge in [0.05, 0.1) is 16.8 Å². The number of anilines is 1. The Balaban J connectivity index is 1.57. The van der Waals surface area contributed by atoms with Gasteiger partial charge in [0.25, 0.3) is 5.91 Å². The van der Waals surface area contributed by atoms with Crippen LogP contribution in [0.25, 0.3) is 16.6 Å². The molecule has 0 saturated heterocycles. The minimum atomic E-state index is -1.08. The molecule has 2 amide bonds. The fraction of sp³-hybridized carbons (Fsp3) is 0.182. The van der Waals surface area contributed by atoms with Crippen molar-refractivity contribution in [2.24, 2.45) is 5.73 Å². The van der Waals surface area contributed by atoms with Gasteiger partial charge in [-0.1, -0.05) is 12.1 Å². The van der Waals surface area contributed by atoms with Gasteiger partial charge in [-0.15, -0.1) is 0 Å². The van der Waals surface area contributed by atoms with Gasteiger partial charge >= 0.3 is 0 Å². The van der Waals surface area contributed by atoms with Gasteiger partial charge in [-0.05, 0) is 44.0 Å². The molecule has 0 saturated carbocycles. The third-order valence-corrected chi connectivity index (χ3v) is 5.22. The van der Waals surface area contributed by atoms with Crippen molar-refractivity contribution in [1.29, 1.82) is 0 Å². The van der Waals surface area contributed by atoms with Crippen molar-refractivity contribution in [1.82, 2.24) is 14.6 Å². The Hall–Kier alpha value is -3.88. The molecule has 0 aliphatic rings. The van der Waals surface area contributed by atoms with Crippen molar-refractivity contribution in [3.05, 3.63) is 70.5 Å². The smallest absolute Gasteiger partial charge is 0.251 e. The molecule has 0 bridgehead atoms. The van der Waals surface area contributed by atoms with E-state index in [-0.39, 0.29) is 12.1 Å². The standard InChI is InChI=1S/C22H19F2N5O2/c1-11-13(12(2)29-22(26-11)14-5-3-4-6-18(14)28-29)7-8-20(30)27-19-9-15(21(25)31)16(23)10-17(19)24/h3-6,9-10H,7-8H2,1-2H3,(H2,25,31)(H,27,30). The number of nitrogens with two attached hydrogens (primary N) is 1. The molecule has 0 aliphatic heterocycles. The quantitative estimate of drug-likeness (QED) is 0.513. The number of amides is 2. The van der Waals surface area contributed by atoms with Gasteiger partial charge < -0.3 is 11.1 Å². The van der Waals surface area contributed by atoms with Crippen LogP contribution in [0.5, 0.6) is 0 Å². The molecule has 4 aromatic rings. The highest BCUT2D eigenvalue weighted by Crippen LogP contribution is 2.24. The van der Waals surface area contributed by atoms with Crippen molar-refractivity contribution in [2.45, 2.75) is 26.7 Å². The van der Waals surface area contributed by atoms with Gasteiger partial charge in [0.2, 0.25) is 5.91 Å². The predicted molar refractivity (Wildman–Crippen MR) is 112 cm³/mol. The summed E-state index contributed by atoms with van der Waals surface area (Å²) in [6, 6.07) is 9.10. The molecule has 0 atom stereocenters. The number of aryl methyl sites for hydroxylation is 2. The van der Waals surface area contributed by atoms with Crippen LogP contribution in [0.4, 0.5) is 14.5 Å². The van der Waals surface area contributed by atoms with Gasteiger partial charge in [0.15, 0.2) is 5.65 Å². The molecule has 2 aromatic carbocycles. The van der Waals surface area contributed by atoms with Crippen LogP contribution < -0.4 is 11.1 Å². The maximum absolute atomic E-state index is 14.0. The van der Waals surface area contributed by atoms with Gasteiger partial charge in [-0.25, -0.2) is 18.3 Å². The Labute approximate surface area is 175 Å². The lowest BCUT2D eigenvalue weighted by molar-refractivity contribution is -0.116. The number of halogens is 2. The van der Waals surface area contributed by atoms with Crippen LogP contribution in [0.15, 0.2) is 36.4 Å². The highest BCUT2D eigenvalue weighted by Gasteiger charge is 2.17. The van der Waals surface area contributed by atoms with E-state index < -0.39 is 29.0 Å². The van der Waals surface area contributed by atoms with Crippen molar-refractivity contribution < 1.29 is 18.4 Å². The van der Waals surface area contributed by atoms with Crippen LogP contribution >= 0.6 is 0 Å². The molecular formula is C22H19F2N5O2. The molecule has 0 unspecified atom stereocenters. The van der Waals surface area contributed by atoms with Crippen LogP contribution in [0, 0.1) is 25.5 Å². The van der Waals surface area contributed by atoms with E-state index in [1.807, 2.05) is 38.1 Å². The Morgan fingerprint density at radius 1 is 1.13 bits per heavy atom. The number of carbonyl (C=O) groups excluding carboxylic acids is 2. The van der Waals surface area contributed by atoms with E-state index in [0.29, 0.717) is 12.5 Å². The molecule has 4 rings (SSSR count). The largest absolute Gasteiger partial charge is 0.366 e. The number of hydrogen-bond donors (Lipinski definition) is 2. The number of aromatic nitrogens is 3. The topological polar surface area (TPSA) is 102 Å². The average Bonchev–Trinajstić information content (AvgIpc) is 3.08. The number of nitrogens with one attached hydrogen (secondary N) is 1. The summed E-state index contributed by atoms with van der Waals surface area (Å²) in [5.74, 6) is -3.62. The van der Waals surface area contributed by atoms with Crippen molar-refractivity contribution in [2.75, 3.05) is 5.32 Å². The molecular weight excluding hydrogens is 404 g/mol. The molecule has 0 spiro atoms. The first-order valence-corrected chi connectivity index (χ1v) is 9.58. The van der Waals surface area contributed by atoms with Crippen LogP contribution in [0.2, 0.25) is 0 Å². The lowest BCUT2D eigenvalue weighted by Crippen LogP contribution is -2.18. The lowest BCUT2D eigenvalue weighted by Gasteiger charge is -2.12. The van der Waals surface area contributed by atoms with Gasteiger partial charge in [-0.3, -0.25) is 9.59 Å². The molecule has 3 N–H and O–H groups in total. The summed E-state index contributed by atoms with van der Waals surface area (Å²) < 4.78 is 29.4. The van der Waals surface area contributed by atoms with Crippen LogP contribution in [-0.4, -0.2) is 26.4 Å². The average molecular weight is 423 g/mol. The van der Waals surface area contributed by atoms with E-state index in [4.69, 9.17) is 5.73 Å². The van der Waals surface area contributed by atoms with E-state index in [1.165, 1.54) is 0 Å². The van der Waals surface area contributed by atoms with Crippen molar-refractivity contribution >= 4 is 34.1 Å². The van der Waals surface area contributed by atoms with E-state index in [9.17, 15) is 18.4 Å². The van der Waals surface area contributed by atoms with Crippen LogP contribution in [0.1, 0.15) is 33.7 Å². The van der Waals surface area contributed by atoms with Gasteiger partial charge in [0, 0.05) is 29.3 Å². The molecule has 0 fully saturated rings. The minimum absolute atomic E-state index is 0.0262. The first kappa shape index (κ1) is 20.4. The van der Waals surface area contributed by atoms with Crippen LogP contribution in [-0.2, 0) is 11.2 Å². The Bertz CT molecular complexity index is 1360. The summed E-state index contributed by atoms with van der Waals surface area (Å²) in [4.78, 5) is 28.3. The second kappa shape index (κ2) is 7.75. The normalized spacial score (nSPS) is 11.2. The molecule has 0 aliphatic carbocycles. The van der Waals surface area contributed by atoms with Gasteiger partial charge in [-0.2, -0.15) is 5.10 Å². The van der Waals surface area contributed by atoms with Crippen molar-refractivity contribution in [3.8, 4) is 0 Å². The monoisotopic (exact) mass is 423 g/mol. The number of primary amides is 1. The molecule has 9 heteroatoms. The summed E-state index contributed by atoms with van der Waals surface area (Å²) in [5.41, 5.74) is 8.32. The van der Waals surface area contributed by atoms with E-state index in [0.717, 1.165) is 39.6 Å². The zero-order valence-electron chi connectivity index (χ0n) is 16.9. The first-order chi connectivity index (χ1) is 14.8. The highest BCUT2D eigenvalue weighted by atomic mass is 19.1. The number of fused-ring (bicyclic) bond motifs is 3. The molecule has 2 heterocycles. The van der Waals surface area contributed by atoms with Crippen LogP contribution in [0.3, 0.4) is 0 Å². The third kappa shape index (κ3) is 3.70. The molecule has 31 heavy (non-hydrogen) atoms. The summed E-state index contributed by atoms with van der Waals surface area (Å²) in [6.45, 7) is 3.76. The highest BCUT2D eigenvalue weighted by molar-refractivity contribution is 5.96. The maximum Gasteiger partial charge on any atom is 0.251 e. The number of carbonyl (C=O) groups is 2. The summed E-state index contributed by atoms with van der Waals surface area (Å²) in [6.07, 6.45) is 0.368. The summed E-state index contributed by atoms with van der Waals surface area (Å²) in [5, 5.41) is 7.89. The van der Waals surface area contributed by atoms with E-state index >= 15 is 0 Å². The van der Waals surface area contributed by atoms with E-state index in [1.54, 1.807) is 4.52 Å². The molecule has 7 nitrogen and oxygen atoms in total. The second-order valence-corrected chi connectivity index (χ2v) is 7.24. The molecule has 0 radical (unpaired) electrons. The number of hydrogen-bond acceptors (Lipinski definition) is 4. The SMILES string of the molecule is Cc1nc2c3ccccc3nn2c(C)c1CCC(=O)Nc1cc(C(N)=O)c(F)cc1F. The lowest BCUT2D eigenvalue weighted by atomic mass is 10.1. The number of benzene rings is 2. The first-order valence-electron chi connectivity index (χ1n) is 9.58. The maximum atomic E-state index is 14.0.